The maximum atomic E-state index is 5.69. The zero-order valence-electron chi connectivity index (χ0n) is 12.3. The molecule has 0 unspecified atom stereocenters. The Morgan fingerprint density at radius 1 is 1.26 bits per heavy atom. The van der Waals surface area contributed by atoms with Crippen molar-refractivity contribution in [3.63, 3.8) is 0 Å². The van der Waals surface area contributed by atoms with E-state index in [9.17, 15) is 0 Å². The Balaban J connectivity index is 3.18. The second-order valence-corrected chi connectivity index (χ2v) is 5.13. The molecule has 2 heteroatoms. The molecule has 0 aliphatic carbocycles. The fourth-order valence-corrected chi connectivity index (χ4v) is 2.71. The quantitative estimate of drug-likeness (QED) is 0.566. The molecule has 0 saturated heterocycles. The molecule has 0 heterocycles. The summed E-state index contributed by atoms with van der Waals surface area (Å²) in [5.74, 6) is 3.57. The first-order valence-corrected chi connectivity index (χ1v) is 7.81. The van der Waals surface area contributed by atoms with Crippen molar-refractivity contribution in [1.82, 2.24) is 0 Å². The van der Waals surface area contributed by atoms with Gasteiger partial charge in [-0.2, -0.15) is 12.6 Å². The molecule has 0 aliphatic heterocycles. The Morgan fingerprint density at radius 2 is 1.95 bits per heavy atom. The molecule has 0 aromatic heterocycles. The van der Waals surface area contributed by atoms with Crippen LogP contribution in [0.15, 0.2) is 18.2 Å². The van der Waals surface area contributed by atoms with Gasteiger partial charge in [0, 0.05) is 23.9 Å². The van der Waals surface area contributed by atoms with Crippen molar-refractivity contribution in [3.05, 3.63) is 29.3 Å². The molecule has 0 saturated carbocycles. The molecule has 1 aromatic carbocycles. The van der Waals surface area contributed by atoms with Gasteiger partial charge in [-0.1, -0.05) is 32.8 Å². The summed E-state index contributed by atoms with van der Waals surface area (Å²) in [6, 6.07) is 6.95. The topological polar surface area (TPSA) is 3.24 Å². The van der Waals surface area contributed by atoms with Crippen LogP contribution in [-0.2, 0) is 5.75 Å². The van der Waals surface area contributed by atoms with Crippen LogP contribution in [0.25, 0.3) is 0 Å². The van der Waals surface area contributed by atoms with Crippen molar-refractivity contribution in [3.8, 4) is 12.3 Å². The molecule has 1 nitrogen and oxygen atoms in total. The molecule has 1 rings (SSSR count). The fourth-order valence-electron chi connectivity index (χ4n) is 2.52. The van der Waals surface area contributed by atoms with E-state index < -0.39 is 0 Å². The van der Waals surface area contributed by atoms with Gasteiger partial charge in [0.2, 0.25) is 0 Å². The number of benzene rings is 1. The molecule has 0 radical (unpaired) electrons. The summed E-state index contributed by atoms with van der Waals surface area (Å²) in [6.45, 7) is 7.76. The van der Waals surface area contributed by atoms with Crippen LogP contribution in [-0.4, -0.2) is 12.6 Å². The lowest BCUT2D eigenvalue weighted by Crippen LogP contribution is -2.35. The molecule has 0 spiro atoms. The van der Waals surface area contributed by atoms with Gasteiger partial charge in [0.25, 0.3) is 0 Å². The van der Waals surface area contributed by atoms with Crippen LogP contribution in [0, 0.1) is 12.3 Å². The zero-order chi connectivity index (χ0) is 14.3. The zero-order valence-corrected chi connectivity index (χ0v) is 13.2. The summed E-state index contributed by atoms with van der Waals surface area (Å²) in [7, 11) is 0. The summed E-state index contributed by atoms with van der Waals surface area (Å²) < 4.78 is 0. The van der Waals surface area contributed by atoms with Gasteiger partial charge in [-0.25, -0.2) is 0 Å². The highest BCUT2D eigenvalue weighted by Crippen LogP contribution is 2.26. The minimum atomic E-state index is 0.564. The van der Waals surface area contributed by atoms with Crippen molar-refractivity contribution >= 4 is 18.3 Å². The van der Waals surface area contributed by atoms with Crippen molar-refractivity contribution in [2.45, 2.75) is 51.8 Å². The Morgan fingerprint density at radius 3 is 2.42 bits per heavy atom. The predicted octanol–water partition coefficient (Wildman–Crippen LogP) is 4.50. The Kier molecular flexibility index (Phi) is 6.87. The van der Waals surface area contributed by atoms with Crippen molar-refractivity contribution < 1.29 is 0 Å². The third kappa shape index (κ3) is 3.94. The van der Waals surface area contributed by atoms with E-state index in [0.717, 1.165) is 37.1 Å². The van der Waals surface area contributed by atoms with Gasteiger partial charge in [0.15, 0.2) is 0 Å². The van der Waals surface area contributed by atoms with Crippen LogP contribution < -0.4 is 4.90 Å². The van der Waals surface area contributed by atoms with Crippen molar-refractivity contribution in [2.24, 2.45) is 0 Å². The Labute approximate surface area is 123 Å². The van der Waals surface area contributed by atoms with E-state index in [1.54, 1.807) is 0 Å². The number of terminal acetylenes is 1. The van der Waals surface area contributed by atoms with E-state index in [1.165, 1.54) is 11.3 Å². The molecule has 0 amide bonds. The van der Waals surface area contributed by atoms with Crippen LogP contribution in [0.3, 0.4) is 0 Å². The van der Waals surface area contributed by atoms with Gasteiger partial charge < -0.3 is 4.90 Å². The monoisotopic (exact) mass is 275 g/mol. The SMILES string of the molecule is C#Cc1cc(CS)ccc1N(CCC)C(CC)CC. The van der Waals surface area contributed by atoms with Gasteiger partial charge in [0.1, 0.15) is 0 Å². The van der Waals surface area contributed by atoms with Crippen LogP contribution in [0.1, 0.15) is 51.2 Å². The normalized spacial score (nSPS) is 10.5. The number of hydrogen-bond donors (Lipinski definition) is 1. The van der Waals surface area contributed by atoms with E-state index in [1.807, 2.05) is 0 Å². The van der Waals surface area contributed by atoms with E-state index in [4.69, 9.17) is 6.42 Å². The Hall–Kier alpha value is -1.07. The van der Waals surface area contributed by atoms with Crippen LogP contribution in [0.4, 0.5) is 5.69 Å². The maximum Gasteiger partial charge on any atom is 0.0527 e. The van der Waals surface area contributed by atoms with Crippen molar-refractivity contribution in [2.75, 3.05) is 11.4 Å². The van der Waals surface area contributed by atoms with Gasteiger partial charge in [-0.05, 0) is 37.0 Å². The molecular weight excluding hydrogens is 250 g/mol. The van der Waals surface area contributed by atoms with Crippen LogP contribution in [0.2, 0.25) is 0 Å². The molecular formula is C17H25NS. The third-order valence-electron chi connectivity index (χ3n) is 3.56. The Bertz CT molecular complexity index is 429. The van der Waals surface area contributed by atoms with Gasteiger partial charge in [-0.3, -0.25) is 0 Å². The summed E-state index contributed by atoms with van der Waals surface area (Å²) in [5, 5.41) is 0. The maximum absolute atomic E-state index is 5.69. The molecule has 1 aromatic rings. The summed E-state index contributed by atoms with van der Waals surface area (Å²) in [6.07, 6.45) is 9.12. The summed E-state index contributed by atoms with van der Waals surface area (Å²) >= 11 is 4.32. The smallest absolute Gasteiger partial charge is 0.0527 e. The molecule has 0 N–H and O–H groups in total. The standard InChI is InChI=1S/C17H25NS/c1-5-11-18(16(7-3)8-4)17-10-9-14(13-19)12-15(17)6-2/h2,9-10,12,16,19H,5,7-8,11,13H2,1,3-4H3. The van der Waals surface area contributed by atoms with E-state index in [2.05, 4.69) is 62.4 Å². The number of rotatable bonds is 7. The van der Waals surface area contributed by atoms with Crippen molar-refractivity contribution in [1.29, 1.82) is 0 Å². The second kappa shape index (κ2) is 8.17. The highest BCUT2D eigenvalue weighted by Gasteiger charge is 2.17. The van der Waals surface area contributed by atoms with E-state index in [-0.39, 0.29) is 0 Å². The summed E-state index contributed by atoms with van der Waals surface area (Å²) in [4.78, 5) is 2.47. The minimum absolute atomic E-state index is 0.564. The number of nitrogens with zero attached hydrogens (tertiary/aromatic N) is 1. The van der Waals surface area contributed by atoms with Gasteiger partial charge in [-0.15, -0.1) is 6.42 Å². The first kappa shape index (κ1) is 16.0. The van der Waals surface area contributed by atoms with E-state index in [0.29, 0.717) is 6.04 Å². The molecule has 0 fully saturated rings. The average molecular weight is 275 g/mol. The van der Waals surface area contributed by atoms with Crippen LogP contribution in [0.5, 0.6) is 0 Å². The summed E-state index contributed by atoms with van der Waals surface area (Å²) in [5.41, 5.74) is 3.37. The largest absolute Gasteiger partial charge is 0.368 e. The molecule has 0 atom stereocenters. The van der Waals surface area contributed by atoms with Gasteiger partial charge >= 0.3 is 0 Å². The number of hydrogen-bond acceptors (Lipinski definition) is 2. The van der Waals surface area contributed by atoms with E-state index >= 15 is 0 Å². The lowest BCUT2D eigenvalue weighted by molar-refractivity contribution is 0.553. The molecule has 0 aliphatic rings. The highest BCUT2D eigenvalue weighted by atomic mass is 32.1. The third-order valence-corrected chi connectivity index (χ3v) is 3.92. The minimum Gasteiger partial charge on any atom is -0.368 e. The lowest BCUT2D eigenvalue weighted by atomic mass is 10.0. The molecule has 104 valence electrons. The lowest BCUT2D eigenvalue weighted by Gasteiger charge is -2.33. The second-order valence-electron chi connectivity index (χ2n) is 4.82. The predicted molar refractivity (Wildman–Crippen MR) is 89.1 cm³/mol. The number of thiol groups is 1. The highest BCUT2D eigenvalue weighted by molar-refractivity contribution is 7.79. The molecule has 19 heavy (non-hydrogen) atoms. The first-order valence-electron chi connectivity index (χ1n) is 7.18. The fraction of sp³-hybridized carbons (Fsp3) is 0.529. The molecule has 0 bridgehead atoms. The number of anilines is 1. The first-order chi connectivity index (χ1) is 9.21. The van der Waals surface area contributed by atoms with Gasteiger partial charge in [0.05, 0.1) is 5.69 Å². The average Bonchev–Trinajstić information content (AvgIpc) is 2.46. The van der Waals surface area contributed by atoms with Crippen LogP contribution >= 0.6 is 12.6 Å².